The first-order valence-corrected chi connectivity index (χ1v) is 9.86. The third-order valence-corrected chi connectivity index (χ3v) is 5.78. The van der Waals surface area contributed by atoms with Gasteiger partial charge in [0.25, 0.3) is 5.91 Å². The molecule has 0 unspecified atom stereocenters. The highest BCUT2D eigenvalue weighted by atomic mass is 32.1. The van der Waals surface area contributed by atoms with Crippen molar-refractivity contribution in [2.75, 3.05) is 13.1 Å². The van der Waals surface area contributed by atoms with E-state index in [2.05, 4.69) is 9.97 Å². The number of hydrogen-bond donors (Lipinski definition) is 0. The van der Waals surface area contributed by atoms with Crippen molar-refractivity contribution in [3.05, 3.63) is 69.6 Å². The third kappa shape index (κ3) is 3.93. The van der Waals surface area contributed by atoms with Crippen LogP contribution in [0.15, 0.2) is 40.4 Å². The lowest BCUT2D eigenvalue weighted by Crippen LogP contribution is -2.39. The molecular formula is C20H20FN3O2S. The molecule has 0 radical (unpaired) electrons. The van der Waals surface area contributed by atoms with Crippen LogP contribution >= 0.6 is 11.3 Å². The van der Waals surface area contributed by atoms with Crippen molar-refractivity contribution in [1.29, 1.82) is 0 Å². The Morgan fingerprint density at radius 2 is 2.15 bits per heavy atom. The first-order valence-electron chi connectivity index (χ1n) is 8.98. The summed E-state index contributed by atoms with van der Waals surface area (Å²) in [7, 11) is 0. The molecule has 27 heavy (non-hydrogen) atoms. The molecule has 140 valence electrons. The van der Waals surface area contributed by atoms with Crippen molar-refractivity contribution >= 4 is 17.2 Å². The van der Waals surface area contributed by atoms with Gasteiger partial charge in [0.1, 0.15) is 16.5 Å². The summed E-state index contributed by atoms with van der Waals surface area (Å²) in [6, 6.07) is 6.38. The maximum absolute atomic E-state index is 13.0. The first-order chi connectivity index (χ1) is 13.1. The molecule has 3 aromatic rings. The highest BCUT2D eigenvalue weighted by Gasteiger charge is 2.29. The second kappa shape index (κ2) is 7.60. The van der Waals surface area contributed by atoms with Crippen molar-refractivity contribution in [2.45, 2.75) is 32.1 Å². The van der Waals surface area contributed by atoms with Crippen LogP contribution in [0.1, 0.15) is 51.3 Å². The minimum absolute atomic E-state index is 0.0396. The van der Waals surface area contributed by atoms with Crippen LogP contribution in [0.25, 0.3) is 0 Å². The Bertz CT molecular complexity index is 935. The lowest BCUT2D eigenvalue weighted by atomic mass is 9.98. The number of thiazole rings is 1. The van der Waals surface area contributed by atoms with E-state index in [0.29, 0.717) is 23.7 Å². The lowest BCUT2D eigenvalue weighted by Gasteiger charge is -2.31. The smallest absolute Gasteiger partial charge is 0.265 e. The Morgan fingerprint density at radius 1 is 1.33 bits per heavy atom. The monoisotopic (exact) mass is 385 g/mol. The number of likely N-dealkylation sites (tertiary alicyclic amines) is 1. The fourth-order valence-corrected chi connectivity index (χ4v) is 4.18. The van der Waals surface area contributed by atoms with Crippen molar-refractivity contribution < 1.29 is 13.6 Å². The Morgan fingerprint density at radius 3 is 2.89 bits per heavy atom. The maximum Gasteiger partial charge on any atom is 0.265 e. The highest BCUT2D eigenvalue weighted by molar-refractivity contribution is 7.11. The number of aryl methyl sites for hydroxylation is 1. The second-order valence-electron chi connectivity index (χ2n) is 6.83. The number of rotatable bonds is 4. The maximum atomic E-state index is 13.0. The Balaban J connectivity index is 1.44. The van der Waals surface area contributed by atoms with E-state index in [1.807, 2.05) is 11.8 Å². The summed E-state index contributed by atoms with van der Waals surface area (Å²) in [6.07, 6.45) is 4.17. The van der Waals surface area contributed by atoms with E-state index in [-0.39, 0.29) is 17.6 Å². The van der Waals surface area contributed by atoms with Crippen LogP contribution in [-0.4, -0.2) is 33.9 Å². The van der Waals surface area contributed by atoms with Gasteiger partial charge in [-0.2, -0.15) is 0 Å². The summed E-state index contributed by atoms with van der Waals surface area (Å²) in [5.74, 6) is 1.31. The molecule has 1 aliphatic rings. The van der Waals surface area contributed by atoms with Gasteiger partial charge < -0.3 is 9.32 Å². The van der Waals surface area contributed by atoms with E-state index < -0.39 is 0 Å². The number of nitrogens with zero attached hydrogens (tertiary/aromatic N) is 3. The molecular weight excluding hydrogens is 365 g/mol. The average Bonchev–Trinajstić information content (AvgIpc) is 3.32. The number of hydrogen-bond acceptors (Lipinski definition) is 5. The van der Waals surface area contributed by atoms with Gasteiger partial charge in [-0.3, -0.25) is 4.79 Å². The summed E-state index contributed by atoms with van der Waals surface area (Å²) < 4.78 is 19.0. The van der Waals surface area contributed by atoms with Crippen molar-refractivity contribution in [1.82, 2.24) is 14.9 Å². The van der Waals surface area contributed by atoms with Crippen molar-refractivity contribution in [3.8, 4) is 0 Å². The quantitative estimate of drug-likeness (QED) is 0.676. The summed E-state index contributed by atoms with van der Waals surface area (Å²) in [5, 5.41) is 0. The molecule has 0 saturated carbocycles. The van der Waals surface area contributed by atoms with Gasteiger partial charge in [0, 0.05) is 19.5 Å². The van der Waals surface area contributed by atoms with Crippen LogP contribution < -0.4 is 0 Å². The molecule has 1 aliphatic heterocycles. The summed E-state index contributed by atoms with van der Waals surface area (Å²) in [4.78, 5) is 23.9. The van der Waals surface area contributed by atoms with Crippen LogP contribution in [-0.2, 0) is 6.42 Å². The minimum atomic E-state index is -0.250. The zero-order valence-electron chi connectivity index (χ0n) is 15.0. The fraction of sp³-hybridized carbons (Fsp3) is 0.350. The van der Waals surface area contributed by atoms with Crippen molar-refractivity contribution in [2.24, 2.45) is 0 Å². The number of carbonyl (C=O) groups is 1. The number of piperidine rings is 1. The zero-order chi connectivity index (χ0) is 18.8. The topological polar surface area (TPSA) is 59.2 Å². The number of halogens is 1. The number of aromatic nitrogens is 2. The molecule has 0 N–H and O–H groups in total. The normalized spacial score (nSPS) is 17.3. The Labute approximate surface area is 160 Å². The molecule has 2 aromatic heterocycles. The molecule has 1 saturated heterocycles. The summed E-state index contributed by atoms with van der Waals surface area (Å²) in [5.41, 5.74) is 3.46. The van der Waals surface area contributed by atoms with Gasteiger partial charge in [-0.1, -0.05) is 12.1 Å². The first kappa shape index (κ1) is 17.9. The summed E-state index contributed by atoms with van der Waals surface area (Å²) >= 11 is 1.39. The standard InChI is InChI=1S/C20H20FN3O2S/c1-13-18(27-12-23-13)20(25)24-8-2-3-15(11-24)19-22-10-17(26-19)9-14-4-6-16(21)7-5-14/h4-7,10,12,15H,2-3,8-9,11H2,1H3/t15-/m0/s1. The van der Waals surface area contributed by atoms with Gasteiger partial charge in [0.15, 0.2) is 5.89 Å². The molecule has 5 nitrogen and oxygen atoms in total. The fourth-order valence-electron chi connectivity index (χ4n) is 3.41. The van der Waals surface area contributed by atoms with Gasteiger partial charge >= 0.3 is 0 Å². The van der Waals surface area contributed by atoms with Crippen LogP contribution in [0.5, 0.6) is 0 Å². The van der Waals surface area contributed by atoms with E-state index in [9.17, 15) is 9.18 Å². The Kier molecular flexibility index (Phi) is 5.03. The molecule has 0 bridgehead atoms. The van der Waals surface area contributed by atoms with Gasteiger partial charge in [-0.25, -0.2) is 14.4 Å². The van der Waals surface area contributed by atoms with Gasteiger partial charge in [-0.15, -0.1) is 11.3 Å². The average molecular weight is 385 g/mol. The number of amides is 1. The van der Waals surface area contributed by atoms with Crippen LogP contribution in [0, 0.1) is 12.7 Å². The van der Waals surface area contributed by atoms with Gasteiger partial charge in [0.2, 0.25) is 0 Å². The van der Waals surface area contributed by atoms with E-state index in [1.165, 1.54) is 23.5 Å². The molecule has 0 aliphatic carbocycles. The minimum Gasteiger partial charge on any atom is -0.445 e. The molecule has 1 atom stereocenters. The molecule has 7 heteroatoms. The van der Waals surface area contributed by atoms with Gasteiger partial charge in [0.05, 0.1) is 23.3 Å². The number of benzene rings is 1. The molecule has 3 heterocycles. The zero-order valence-corrected chi connectivity index (χ0v) is 15.8. The van der Waals surface area contributed by atoms with Crippen LogP contribution in [0.3, 0.4) is 0 Å². The number of oxazole rings is 1. The summed E-state index contributed by atoms with van der Waals surface area (Å²) in [6.45, 7) is 3.21. The predicted octanol–water partition coefficient (Wildman–Crippen LogP) is 4.19. The van der Waals surface area contributed by atoms with Crippen molar-refractivity contribution in [3.63, 3.8) is 0 Å². The predicted molar refractivity (Wildman–Crippen MR) is 100 cm³/mol. The molecule has 1 amide bonds. The van der Waals surface area contributed by atoms with E-state index in [0.717, 1.165) is 36.4 Å². The third-order valence-electron chi connectivity index (χ3n) is 4.86. The van der Waals surface area contributed by atoms with E-state index in [4.69, 9.17) is 4.42 Å². The second-order valence-corrected chi connectivity index (χ2v) is 7.68. The highest BCUT2D eigenvalue weighted by Crippen LogP contribution is 2.29. The van der Waals surface area contributed by atoms with Gasteiger partial charge in [-0.05, 0) is 37.5 Å². The largest absolute Gasteiger partial charge is 0.445 e. The van der Waals surface area contributed by atoms with Crippen LogP contribution in [0.4, 0.5) is 4.39 Å². The molecule has 4 rings (SSSR count). The lowest BCUT2D eigenvalue weighted by molar-refractivity contribution is 0.0702. The van der Waals surface area contributed by atoms with Crippen LogP contribution in [0.2, 0.25) is 0 Å². The Hall–Kier alpha value is -2.54. The number of carbonyl (C=O) groups excluding carboxylic acids is 1. The molecule has 0 spiro atoms. The van der Waals surface area contributed by atoms with E-state index in [1.54, 1.807) is 23.8 Å². The SMILES string of the molecule is Cc1ncsc1C(=O)N1CCC[C@H](c2ncc(Cc3ccc(F)cc3)o2)C1. The molecule has 1 aromatic carbocycles. The van der Waals surface area contributed by atoms with E-state index >= 15 is 0 Å². The molecule has 1 fully saturated rings.